The molecule has 1 aromatic carbocycles. The van der Waals surface area contributed by atoms with Gasteiger partial charge in [-0.2, -0.15) is 0 Å². The van der Waals surface area contributed by atoms with E-state index in [-0.39, 0.29) is 0 Å². The van der Waals surface area contributed by atoms with Crippen molar-refractivity contribution in [2.24, 2.45) is 0 Å². The van der Waals surface area contributed by atoms with Gasteiger partial charge in [0.2, 0.25) is 0 Å². The van der Waals surface area contributed by atoms with E-state index >= 15 is 0 Å². The molecule has 70 valence electrons. The highest BCUT2D eigenvalue weighted by Crippen LogP contribution is 2.21. The van der Waals surface area contributed by atoms with Crippen molar-refractivity contribution in [2.45, 2.75) is 6.54 Å². The summed E-state index contributed by atoms with van der Waals surface area (Å²) < 4.78 is 0.978. The Balaban J connectivity index is 2.99. The fourth-order valence-corrected chi connectivity index (χ4v) is 1.97. The number of hydrogen-bond donors (Lipinski definition) is 0. The quantitative estimate of drug-likeness (QED) is 0.727. The van der Waals surface area contributed by atoms with E-state index < -0.39 is 0 Å². The minimum Gasteiger partial charge on any atom is -0.305 e. The van der Waals surface area contributed by atoms with Gasteiger partial charge in [0.1, 0.15) is 7.85 Å². The summed E-state index contributed by atoms with van der Waals surface area (Å²) in [6.07, 6.45) is 0. The van der Waals surface area contributed by atoms with Crippen molar-refractivity contribution in [3.8, 4) is 0 Å². The lowest BCUT2D eigenvalue weighted by atomic mass is 9.94. The molecular formula is C9H12BBrClN. The second kappa shape index (κ2) is 4.49. The van der Waals surface area contributed by atoms with Crippen molar-refractivity contribution >= 4 is 40.8 Å². The topological polar surface area (TPSA) is 3.24 Å². The average molecular weight is 260 g/mol. The van der Waals surface area contributed by atoms with Crippen molar-refractivity contribution in [2.75, 3.05) is 14.1 Å². The molecule has 0 bridgehead atoms. The molecule has 4 heteroatoms. The van der Waals surface area contributed by atoms with Gasteiger partial charge in [0.25, 0.3) is 0 Å². The van der Waals surface area contributed by atoms with Crippen molar-refractivity contribution in [3.63, 3.8) is 0 Å². The lowest BCUT2D eigenvalue weighted by Gasteiger charge is -2.11. The SMILES string of the molecule is Bc1cc(CN(C)C)cc(Br)c1Cl. The Kier molecular flexibility index (Phi) is 3.83. The van der Waals surface area contributed by atoms with Crippen LogP contribution in [0.5, 0.6) is 0 Å². The Morgan fingerprint density at radius 1 is 1.46 bits per heavy atom. The molecule has 0 saturated carbocycles. The van der Waals surface area contributed by atoms with Gasteiger partial charge in [0.15, 0.2) is 0 Å². The van der Waals surface area contributed by atoms with Gasteiger partial charge < -0.3 is 4.90 Å². The molecule has 0 aliphatic carbocycles. The van der Waals surface area contributed by atoms with Crippen LogP contribution in [-0.2, 0) is 6.54 Å². The van der Waals surface area contributed by atoms with Crippen molar-refractivity contribution < 1.29 is 0 Å². The average Bonchev–Trinajstić information content (AvgIpc) is 1.98. The van der Waals surface area contributed by atoms with Crippen LogP contribution in [0.3, 0.4) is 0 Å². The highest BCUT2D eigenvalue weighted by atomic mass is 79.9. The first-order valence-electron chi connectivity index (χ1n) is 4.10. The monoisotopic (exact) mass is 259 g/mol. The van der Waals surface area contributed by atoms with Crippen LogP contribution in [-0.4, -0.2) is 26.8 Å². The maximum atomic E-state index is 6.03. The van der Waals surface area contributed by atoms with Gasteiger partial charge in [-0.1, -0.05) is 23.1 Å². The van der Waals surface area contributed by atoms with Crippen molar-refractivity contribution in [1.82, 2.24) is 4.90 Å². The van der Waals surface area contributed by atoms with Crippen LogP contribution in [0, 0.1) is 0 Å². The van der Waals surface area contributed by atoms with Crippen LogP contribution >= 0.6 is 27.5 Å². The van der Waals surface area contributed by atoms with Crippen LogP contribution in [0.4, 0.5) is 0 Å². The van der Waals surface area contributed by atoms with Crippen LogP contribution < -0.4 is 5.46 Å². The first-order valence-corrected chi connectivity index (χ1v) is 5.27. The normalized spacial score (nSPS) is 10.8. The smallest absolute Gasteiger partial charge is 0.141 e. The Morgan fingerprint density at radius 3 is 2.54 bits per heavy atom. The van der Waals surface area contributed by atoms with Gasteiger partial charge in [-0.3, -0.25) is 0 Å². The lowest BCUT2D eigenvalue weighted by Crippen LogP contribution is -2.14. The van der Waals surface area contributed by atoms with Gasteiger partial charge in [0.05, 0.1) is 0 Å². The first kappa shape index (κ1) is 11.1. The summed E-state index contributed by atoms with van der Waals surface area (Å²) in [5, 5.41) is 0.808. The lowest BCUT2D eigenvalue weighted by molar-refractivity contribution is 0.402. The Morgan fingerprint density at radius 2 is 2.08 bits per heavy atom. The van der Waals surface area contributed by atoms with E-state index in [0.717, 1.165) is 21.5 Å². The number of nitrogens with zero attached hydrogens (tertiary/aromatic N) is 1. The summed E-state index contributed by atoms with van der Waals surface area (Å²) in [5.41, 5.74) is 2.40. The molecule has 0 aliphatic heterocycles. The maximum absolute atomic E-state index is 6.03. The Bertz CT molecular complexity index is 291. The van der Waals surface area contributed by atoms with Crippen LogP contribution in [0.1, 0.15) is 5.56 Å². The number of benzene rings is 1. The van der Waals surface area contributed by atoms with Crippen LogP contribution in [0.15, 0.2) is 16.6 Å². The summed E-state index contributed by atoms with van der Waals surface area (Å²) in [4.78, 5) is 2.13. The Labute approximate surface area is 93.6 Å². The van der Waals surface area contributed by atoms with E-state index in [0.29, 0.717) is 0 Å². The molecule has 0 heterocycles. The molecule has 0 aliphatic rings. The van der Waals surface area contributed by atoms with Crippen LogP contribution in [0.25, 0.3) is 0 Å². The second-order valence-electron chi connectivity index (χ2n) is 3.45. The highest BCUT2D eigenvalue weighted by Gasteiger charge is 2.03. The summed E-state index contributed by atoms with van der Waals surface area (Å²) >= 11 is 9.46. The fraction of sp³-hybridized carbons (Fsp3) is 0.333. The van der Waals surface area contributed by atoms with Crippen molar-refractivity contribution in [3.05, 3.63) is 27.2 Å². The zero-order valence-electron chi connectivity index (χ0n) is 8.06. The third-order valence-electron chi connectivity index (χ3n) is 1.77. The van der Waals surface area contributed by atoms with Gasteiger partial charge in [-0.25, -0.2) is 0 Å². The third-order valence-corrected chi connectivity index (χ3v) is 3.12. The van der Waals surface area contributed by atoms with E-state index in [1.54, 1.807) is 0 Å². The highest BCUT2D eigenvalue weighted by molar-refractivity contribution is 9.10. The summed E-state index contributed by atoms with van der Waals surface area (Å²) in [5.74, 6) is 0. The molecule has 0 spiro atoms. The van der Waals surface area contributed by atoms with Gasteiger partial charge in [0, 0.05) is 16.0 Å². The van der Waals surface area contributed by atoms with E-state index in [4.69, 9.17) is 11.6 Å². The van der Waals surface area contributed by atoms with E-state index in [9.17, 15) is 0 Å². The molecule has 0 radical (unpaired) electrons. The van der Waals surface area contributed by atoms with E-state index in [2.05, 4.69) is 47.1 Å². The molecular weight excluding hydrogens is 248 g/mol. The zero-order chi connectivity index (χ0) is 10.0. The van der Waals surface area contributed by atoms with Gasteiger partial charge >= 0.3 is 0 Å². The first-order chi connectivity index (χ1) is 6.00. The zero-order valence-corrected chi connectivity index (χ0v) is 10.4. The molecule has 1 aromatic rings. The van der Waals surface area contributed by atoms with Crippen LogP contribution in [0.2, 0.25) is 5.02 Å². The molecule has 1 rings (SSSR count). The predicted molar refractivity (Wildman–Crippen MR) is 64.7 cm³/mol. The molecule has 1 nitrogen and oxygen atoms in total. The Hall–Kier alpha value is 0.0149. The number of halogens is 2. The molecule has 0 unspecified atom stereocenters. The molecule has 0 fully saturated rings. The molecule has 13 heavy (non-hydrogen) atoms. The molecule has 0 saturated heterocycles. The standard InChI is InChI=1S/C9H12BBrClN/c1-13(2)5-6-3-7(10)9(12)8(11)4-6/h3-4H,5,10H2,1-2H3. The van der Waals surface area contributed by atoms with Gasteiger partial charge in [-0.15, -0.1) is 0 Å². The van der Waals surface area contributed by atoms with E-state index in [1.165, 1.54) is 5.56 Å². The minimum absolute atomic E-state index is 0.808. The summed E-state index contributed by atoms with van der Waals surface area (Å²) in [6, 6.07) is 4.18. The predicted octanol–water partition coefficient (Wildman–Crippen LogP) is 1.42. The van der Waals surface area contributed by atoms with Gasteiger partial charge in [-0.05, 0) is 41.7 Å². The molecule has 0 N–H and O–H groups in total. The third kappa shape index (κ3) is 3.01. The number of rotatable bonds is 2. The summed E-state index contributed by atoms with van der Waals surface area (Å²) in [6.45, 7) is 0.941. The van der Waals surface area contributed by atoms with Crippen molar-refractivity contribution in [1.29, 1.82) is 0 Å². The molecule has 0 atom stereocenters. The fourth-order valence-electron chi connectivity index (χ4n) is 1.25. The maximum Gasteiger partial charge on any atom is 0.141 e. The molecule has 0 amide bonds. The minimum atomic E-state index is 0.808. The second-order valence-corrected chi connectivity index (χ2v) is 4.68. The largest absolute Gasteiger partial charge is 0.305 e. The van der Waals surface area contributed by atoms with E-state index in [1.807, 2.05) is 7.85 Å². The number of hydrogen-bond acceptors (Lipinski definition) is 1. The summed E-state index contributed by atoms with van der Waals surface area (Å²) in [7, 11) is 6.13. The molecule has 0 aromatic heterocycles.